The number of ether oxygens (including phenoxy) is 1. The fourth-order valence-electron chi connectivity index (χ4n) is 2.39. The predicted molar refractivity (Wildman–Crippen MR) is 101 cm³/mol. The van der Waals surface area contributed by atoms with Crippen LogP contribution >= 0.6 is 11.8 Å². The number of nitrogens with zero attached hydrogens (tertiary/aromatic N) is 1. The van der Waals surface area contributed by atoms with Crippen molar-refractivity contribution in [2.45, 2.75) is 44.2 Å². The third-order valence-electron chi connectivity index (χ3n) is 3.61. The highest BCUT2D eigenvalue weighted by atomic mass is 32.2. The highest BCUT2D eigenvalue weighted by Gasteiger charge is 2.05. The lowest BCUT2D eigenvalue weighted by molar-refractivity contribution is -0.143. The maximum absolute atomic E-state index is 11.8. The molecule has 0 fully saturated rings. The summed E-state index contributed by atoms with van der Waals surface area (Å²) < 4.78 is 4.90. The Morgan fingerprint density at radius 3 is 2.68 bits per heavy atom. The number of hydrogen-bond donors (Lipinski definition) is 1. The Morgan fingerprint density at radius 2 is 1.92 bits per heavy atom. The zero-order valence-electron chi connectivity index (χ0n) is 14.5. The minimum atomic E-state index is -0.134. The Labute approximate surface area is 152 Å². The first kappa shape index (κ1) is 19.2. The van der Waals surface area contributed by atoms with Gasteiger partial charge in [0.15, 0.2) is 5.16 Å². The van der Waals surface area contributed by atoms with Gasteiger partial charge in [0.2, 0.25) is 0 Å². The molecular weight excluding hydrogens is 336 g/mol. The largest absolute Gasteiger partial charge is 0.466 e. The highest BCUT2D eigenvalue weighted by molar-refractivity contribution is 7.99. The fraction of sp³-hybridized carbons (Fsp3) is 0.421. The van der Waals surface area contributed by atoms with Gasteiger partial charge in [-0.25, -0.2) is 4.98 Å². The van der Waals surface area contributed by atoms with Crippen LogP contribution in [0.5, 0.6) is 0 Å². The monoisotopic (exact) mass is 360 g/mol. The SMILES string of the molecule is CCOC(=O)CCCCCCSc1nc(-c2ccccc2)cc(=O)[nH]1. The van der Waals surface area contributed by atoms with E-state index in [0.717, 1.165) is 37.0 Å². The summed E-state index contributed by atoms with van der Waals surface area (Å²) in [6.45, 7) is 2.27. The molecule has 2 rings (SSSR count). The first-order valence-electron chi connectivity index (χ1n) is 8.64. The van der Waals surface area contributed by atoms with Gasteiger partial charge in [-0.3, -0.25) is 9.59 Å². The lowest BCUT2D eigenvalue weighted by Crippen LogP contribution is -2.08. The Morgan fingerprint density at radius 1 is 1.16 bits per heavy atom. The van der Waals surface area contributed by atoms with Crippen molar-refractivity contribution in [3.8, 4) is 11.3 Å². The maximum Gasteiger partial charge on any atom is 0.305 e. The summed E-state index contributed by atoms with van der Waals surface area (Å²) in [5, 5.41) is 0.651. The van der Waals surface area contributed by atoms with E-state index < -0.39 is 0 Å². The molecule has 0 bridgehead atoms. The van der Waals surface area contributed by atoms with Crippen molar-refractivity contribution in [3.05, 3.63) is 46.8 Å². The van der Waals surface area contributed by atoms with Gasteiger partial charge >= 0.3 is 5.97 Å². The minimum absolute atomic E-state index is 0.114. The lowest BCUT2D eigenvalue weighted by atomic mass is 10.1. The van der Waals surface area contributed by atoms with Crippen molar-refractivity contribution in [1.82, 2.24) is 9.97 Å². The van der Waals surface area contributed by atoms with Crippen molar-refractivity contribution in [2.24, 2.45) is 0 Å². The van der Waals surface area contributed by atoms with Crippen LogP contribution in [0.3, 0.4) is 0 Å². The average molecular weight is 360 g/mol. The minimum Gasteiger partial charge on any atom is -0.466 e. The van der Waals surface area contributed by atoms with Crippen molar-refractivity contribution in [1.29, 1.82) is 0 Å². The van der Waals surface area contributed by atoms with E-state index in [0.29, 0.717) is 23.9 Å². The summed E-state index contributed by atoms with van der Waals surface area (Å²) in [6.07, 6.45) is 4.44. The summed E-state index contributed by atoms with van der Waals surface area (Å²) in [5.41, 5.74) is 1.50. The van der Waals surface area contributed by atoms with Crippen molar-refractivity contribution in [3.63, 3.8) is 0 Å². The van der Waals surface area contributed by atoms with Gasteiger partial charge in [-0.2, -0.15) is 0 Å². The first-order valence-corrected chi connectivity index (χ1v) is 9.63. The molecule has 0 amide bonds. The molecular formula is C19H24N2O3S. The van der Waals surface area contributed by atoms with Crippen LogP contribution in [-0.4, -0.2) is 28.3 Å². The number of aromatic nitrogens is 2. The lowest BCUT2D eigenvalue weighted by Gasteiger charge is -2.05. The van der Waals surface area contributed by atoms with Crippen LogP contribution in [0.4, 0.5) is 0 Å². The van der Waals surface area contributed by atoms with Crippen molar-refractivity contribution < 1.29 is 9.53 Å². The van der Waals surface area contributed by atoms with Crippen LogP contribution in [-0.2, 0) is 9.53 Å². The van der Waals surface area contributed by atoms with Gasteiger partial charge in [-0.15, -0.1) is 0 Å². The summed E-state index contributed by atoms with van der Waals surface area (Å²) in [6, 6.07) is 11.2. The number of nitrogens with one attached hydrogen (secondary N) is 1. The van der Waals surface area contributed by atoms with E-state index in [9.17, 15) is 9.59 Å². The molecule has 0 saturated heterocycles. The van der Waals surface area contributed by atoms with Gasteiger partial charge in [-0.05, 0) is 19.8 Å². The van der Waals surface area contributed by atoms with Gasteiger partial charge in [0.25, 0.3) is 5.56 Å². The number of H-pyrrole nitrogens is 1. The van der Waals surface area contributed by atoms with Crippen LogP contribution in [0.15, 0.2) is 46.3 Å². The van der Waals surface area contributed by atoms with Crippen molar-refractivity contribution >= 4 is 17.7 Å². The molecule has 0 aliphatic rings. The number of benzene rings is 1. The predicted octanol–water partition coefficient (Wildman–Crippen LogP) is 4.04. The van der Waals surface area contributed by atoms with E-state index >= 15 is 0 Å². The topological polar surface area (TPSA) is 72.0 Å². The van der Waals surface area contributed by atoms with Gasteiger partial charge in [0.05, 0.1) is 12.3 Å². The third-order valence-corrected chi connectivity index (χ3v) is 4.57. The molecule has 0 unspecified atom stereocenters. The summed E-state index contributed by atoms with van der Waals surface area (Å²) in [7, 11) is 0. The standard InChI is InChI=1S/C19H24N2O3S/c1-2-24-18(23)12-8-3-4-9-13-25-19-20-16(14-17(22)21-19)15-10-6-5-7-11-15/h5-7,10-11,14H,2-4,8-9,12-13H2,1H3,(H,20,21,22). The zero-order valence-corrected chi connectivity index (χ0v) is 15.3. The number of hydrogen-bond acceptors (Lipinski definition) is 5. The number of carbonyl (C=O) groups excluding carboxylic acids is 1. The second-order valence-electron chi connectivity index (χ2n) is 5.62. The average Bonchev–Trinajstić information content (AvgIpc) is 2.61. The molecule has 0 aliphatic heterocycles. The van der Waals surface area contributed by atoms with Crippen LogP contribution in [0, 0.1) is 0 Å². The van der Waals surface area contributed by atoms with Gasteiger partial charge in [0.1, 0.15) is 0 Å². The van der Waals surface area contributed by atoms with Crippen LogP contribution in [0.2, 0.25) is 0 Å². The number of esters is 1. The summed E-state index contributed by atoms with van der Waals surface area (Å²) >= 11 is 1.56. The van der Waals surface area contributed by atoms with E-state index in [1.165, 1.54) is 6.07 Å². The van der Waals surface area contributed by atoms with Gasteiger partial charge in [0, 0.05) is 23.8 Å². The Bertz CT molecular complexity index is 716. The van der Waals surface area contributed by atoms with E-state index in [1.807, 2.05) is 37.3 Å². The molecule has 1 aromatic carbocycles. The molecule has 0 aliphatic carbocycles. The quantitative estimate of drug-likeness (QED) is 0.300. The zero-order chi connectivity index (χ0) is 17.9. The van der Waals surface area contributed by atoms with E-state index in [-0.39, 0.29) is 11.5 Å². The number of unbranched alkanes of at least 4 members (excludes halogenated alkanes) is 3. The third kappa shape index (κ3) is 7.13. The molecule has 25 heavy (non-hydrogen) atoms. The van der Waals surface area contributed by atoms with E-state index in [2.05, 4.69) is 9.97 Å². The number of thioether (sulfide) groups is 1. The molecule has 6 heteroatoms. The molecule has 134 valence electrons. The molecule has 0 spiro atoms. The number of carbonyl (C=O) groups is 1. The number of aromatic amines is 1. The molecule has 0 radical (unpaired) electrons. The Kier molecular flexibility index (Phi) is 8.25. The number of rotatable bonds is 10. The summed E-state index contributed by atoms with van der Waals surface area (Å²) in [4.78, 5) is 30.4. The highest BCUT2D eigenvalue weighted by Crippen LogP contribution is 2.19. The first-order chi connectivity index (χ1) is 12.2. The second-order valence-corrected chi connectivity index (χ2v) is 6.70. The smallest absolute Gasteiger partial charge is 0.305 e. The Hall–Kier alpha value is -2.08. The molecule has 1 heterocycles. The van der Waals surface area contributed by atoms with Crippen LogP contribution < -0.4 is 5.56 Å². The Balaban J connectivity index is 1.73. The van der Waals surface area contributed by atoms with Crippen molar-refractivity contribution in [2.75, 3.05) is 12.4 Å². The fourth-order valence-corrected chi connectivity index (χ4v) is 3.26. The molecule has 0 atom stereocenters. The molecule has 1 aromatic heterocycles. The normalized spacial score (nSPS) is 10.6. The van der Waals surface area contributed by atoms with E-state index in [4.69, 9.17) is 4.74 Å². The van der Waals surface area contributed by atoms with Gasteiger partial charge in [-0.1, -0.05) is 54.9 Å². The molecule has 1 N–H and O–H groups in total. The van der Waals surface area contributed by atoms with Gasteiger partial charge < -0.3 is 9.72 Å². The van der Waals surface area contributed by atoms with Crippen LogP contribution in [0.25, 0.3) is 11.3 Å². The second kappa shape index (κ2) is 10.7. The van der Waals surface area contributed by atoms with Crippen LogP contribution in [0.1, 0.15) is 39.0 Å². The maximum atomic E-state index is 11.8. The molecule has 5 nitrogen and oxygen atoms in total. The molecule has 0 saturated carbocycles. The van der Waals surface area contributed by atoms with E-state index in [1.54, 1.807) is 11.8 Å². The summed E-state index contributed by atoms with van der Waals surface area (Å²) in [5.74, 6) is 0.775. The molecule has 2 aromatic rings.